The molecule has 1 atom stereocenters. The molecule has 180 valence electrons. The van der Waals surface area contributed by atoms with Crippen LogP contribution in [0.3, 0.4) is 0 Å². The Bertz CT molecular complexity index is 1180. The molecule has 1 fully saturated rings. The average molecular weight is 472 g/mol. The van der Waals surface area contributed by atoms with E-state index in [4.69, 9.17) is 4.74 Å². The average Bonchev–Trinajstić information content (AvgIpc) is 3.29. The number of para-hydroxylation sites is 1. The van der Waals surface area contributed by atoms with Gasteiger partial charge < -0.3 is 20.3 Å². The van der Waals surface area contributed by atoms with E-state index >= 15 is 0 Å². The molecular formula is C28H29N3O4. The molecule has 3 amide bonds. The first-order valence-corrected chi connectivity index (χ1v) is 11.8. The minimum absolute atomic E-state index is 0.0903. The maximum Gasteiger partial charge on any atom is 0.262 e. The summed E-state index contributed by atoms with van der Waals surface area (Å²) < 4.78 is 5.61. The lowest BCUT2D eigenvalue weighted by Gasteiger charge is -2.17. The zero-order valence-corrected chi connectivity index (χ0v) is 19.7. The van der Waals surface area contributed by atoms with E-state index in [0.717, 1.165) is 23.2 Å². The molecule has 7 nitrogen and oxygen atoms in total. The van der Waals surface area contributed by atoms with Crippen molar-refractivity contribution in [1.29, 1.82) is 0 Å². The van der Waals surface area contributed by atoms with Gasteiger partial charge in [-0.05, 0) is 47.9 Å². The van der Waals surface area contributed by atoms with Crippen molar-refractivity contribution in [2.75, 3.05) is 23.4 Å². The Hall–Kier alpha value is -4.13. The Morgan fingerprint density at radius 1 is 0.971 bits per heavy atom. The summed E-state index contributed by atoms with van der Waals surface area (Å²) in [6, 6.07) is 24.3. The highest BCUT2D eigenvalue weighted by molar-refractivity contribution is 6.00. The smallest absolute Gasteiger partial charge is 0.262 e. The van der Waals surface area contributed by atoms with Gasteiger partial charge in [-0.1, -0.05) is 55.5 Å². The molecule has 3 aromatic carbocycles. The van der Waals surface area contributed by atoms with Crippen LogP contribution >= 0.6 is 0 Å². The molecule has 0 bridgehead atoms. The first-order chi connectivity index (χ1) is 17.0. The number of amides is 3. The van der Waals surface area contributed by atoms with Crippen LogP contribution in [0.1, 0.15) is 24.5 Å². The standard InChI is InChI=1S/C28H29N3O4/c1-2-21-10-6-7-11-25(21)30-26(32)19-35-24-14-12-23(13-15-24)31-18-22(16-27(31)33)28(34)29-17-20-8-4-3-5-9-20/h3-15,22H,2,16-19H2,1H3,(H,29,34)(H,30,32)/t22-/m0/s1. The summed E-state index contributed by atoms with van der Waals surface area (Å²) in [5.74, 6) is -0.324. The molecule has 2 N–H and O–H groups in total. The SMILES string of the molecule is CCc1ccccc1NC(=O)COc1ccc(N2C[C@@H](C(=O)NCc3ccccc3)CC2=O)cc1. The lowest BCUT2D eigenvalue weighted by Crippen LogP contribution is -2.32. The van der Waals surface area contributed by atoms with E-state index in [2.05, 4.69) is 10.6 Å². The fourth-order valence-electron chi connectivity index (χ4n) is 4.07. The molecule has 0 spiro atoms. The predicted molar refractivity (Wildman–Crippen MR) is 135 cm³/mol. The fraction of sp³-hybridized carbons (Fsp3) is 0.250. The minimum atomic E-state index is -0.392. The van der Waals surface area contributed by atoms with E-state index in [1.165, 1.54) is 0 Å². The number of aryl methyl sites for hydroxylation is 1. The third-order valence-corrected chi connectivity index (χ3v) is 6.00. The fourth-order valence-corrected chi connectivity index (χ4v) is 4.07. The van der Waals surface area contributed by atoms with Gasteiger partial charge in [0.2, 0.25) is 11.8 Å². The van der Waals surface area contributed by atoms with Crippen LogP contribution in [0.2, 0.25) is 0 Å². The van der Waals surface area contributed by atoms with E-state index in [0.29, 0.717) is 24.5 Å². The van der Waals surface area contributed by atoms with Crippen molar-refractivity contribution >= 4 is 29.1 Å². The van der Waals surface area contributed by atoms with Gasteiger partial charge in [-0.25, -0.2) is 0 Å². The molecule has 3 aromatic rings. The van der Waals surface area contributed by atoms with E-state index in [9.17, 15) is 14.4 Å². The van der Waals surface area contributed by atoms with Gasteiger partial charge in [-0.15, -0.1) is 0 Å². The monoisotopic (exact) mass is 471 g/mol. The van der Waals surface area contributed by atoms with Crippen molar-refractivity contribution in [3.8, 4) is 5.75 Å². The van der Waals surface area contributed by atoms with E-state index in [-0.39, 0.29) is 30.7 Å². The molecule has 1 saturated heterocycles. The highest BCUT2D eigenvalue weighted by atomic mass is 16.5. The van der Waals surface area contributed by atoms with Gasteiger partial charge in [0, 0.05) is 30.9 Å². The number of hydrogen-bond acceptors (Lipinski definition) is 4. The van der Waals surface area contributed by atoms with Crippen LogP contribution in [-0.4, -0.2) is 30.9 Å². The summed E-state index contributed by atoms with van der Waals surface area (Å²) in [6.07, 6.45) is 1.00. The summed E-state index contributed by atoms with van der Waals surface area (Å²) >= 11 is 0. The number of nitrogens with zero attached hydrogens (tertiary/aromatic N) is 1. The first kappa shape index (κ1) is 24.0. The van der Waals surface area contributed by atoms with Gasteiger partial charge >= 0.3 is 0 Å². The lowest BCUT2D eigenvalue weighted by molar-refractivity contribution is -0.126. The van der Waals surface area contributed by atoms with Crippen molar-refractivity contribution in [2.24, 2.45) is 5.92 Å². The molecule has 0 saturated carbocycles. The molecule has 0 radical (unpaired) electrons. The maximum absolute atomic E-state index is 12.6. The van der Waals surface area contributed by atoms with E-state index in [1.54, 1.807) is 29.2 Å². The largest absolute Gasteiger partial charge is 0.484 e. The van der Waals surface area contributed by atoms with Crippen LogP contribution in [0.15, 0.2) is 78.9 Å². The Kier molecular flexibility index (Phi) is 7.77. The minimum Gasteiger partial charge on any atom is -0.484 e. The molecule has 1 aliphatic rings. The van der Waals surface area contributed by atoms with Crippen molar-refractivity contribution in [3.63, 3.8) is 0 Å². The van der Waals surface area contributed by atoms with Crippen LogP contribution < -0.4 is 20.3 Å². The topological polar surface area (TPSA) is 87.7 Å². The molecule has 4 rings (SSSR count). The number of hydrogen-bond donors (Lipinski definition) is 2. The molecular weight excluding hydrogens is 442 g/mol. The normalized spacial score (nSPS) is 15.1. The Morgan fingerprint density at radius 2 is 1.69 bits per heavy atom. The van der Waals surface area contributed by atoms with Gasteiger partial charge in [0.15, 0.2) is 6.61 Å². The number of ether oxygens (including phenoxy) is 1. The van der Waals surface area contributed by atoms with Crippen LogP contribution in [0.4, 0.5) is 11.4 Å². The van der Waals surface area contributed by atoms with Gasteiger partial charge in [-0.2, -0.15) is 0 Å². The van der Waals surface area contributed by atoms with Crippen LogP contribution in [0.5, 0.6) is 5.75 Å². The molecule has 0 aliphatic carbocycles. The summed E-state index contributed by atoms with van der Waals surface area (Å²) in [4.78, 5) is 39.0. The van der Waals surface area contributed by atoms with Gasteiger partial charge in [0.05, 0.1) is 5.92 Å². The number of rotatable bonds is 9. The van der Waals surface area contributed by atoms with Crippen molar-refractivity contribution in [3.05, 3.63) is 90.0 Å². The third kappa shape index (κ3) is 6.26. The van der Waals surface area contributed by atoms with Crippen molar-refractivity contribution < 1.29 is 19.1 Å². The number of anilines is 2. The van der Waals surface area contributed by atoms with Gasteiger partial charge in [0.1, 0.15) is 5.75 Å². The highest BCUT2D eigenvalue weighted by Gasteiger charge is 2.35. The lowest BCUT2D eigenvalue weighted by atomic mass is 10.1. The summed E-state index contributed by atoms with van der Waals surface area (Å²) in [5, 5.41) is 5.79. The van der Waals surface area contributed by atoms with Crippen LogP contribution in [0.25, 0.3) is 0 Å². The maximum atomic E-state index is 12.6. The van der Waals surface area contributed by atoms with Crippen LogP contribution in [0, 0.1) is 5.92 Å². The quantitative estimate of drug-likeness (QED) is 0.495. The summed E-state index contributed by atoms with van der Waals surface area (Å²) in [6.45, 7) is 2.68. The number of carbonyl (C=O) groups is 3. The molecule has 1 heterocycles. The zero-order valence-electron chi connectivity index (χ0n) is 19.7. The number of carbonyl (C=O) groups excluding carboxylic acids is 3. The second-order valence-corrected chi connectivity index (χ2v) is 8.45. The van der Waals surface area contributed by atoms with Gasteiger partial charge in [0.25, 0.3) is 5.91 Å². The Morgan fingerprint density at radius 3 is 2.43 bits per heavy atom. The highest BCUT2D eigenvalue weighted by Crippen LogP contribution is 2.27. The van der Waals surface area contributed by atoms with Crippen molar-refractivity contribution in [1.82, 2.24) is 5.32 Å². The van der Waals surface area contributed by atoms with E-state index < -0.39 is 5.92 Å². The summed E-state index contributed by atoms with van der Waals surface area (Å²) in [5.41, 5.74) is 3.56. The van der Waals surface area contributed by atoms with E-state index in [1.807, 2.05) is 61.5 Å². The number of nitrogens with one attached hydrogen (secondary N) is 2. The zero-order chi connectivity index (χ0) is 24.6. The third-order valence-electron chi connectivity index (χ3n) is 6.00. The molecule has 7 heteroatoms. The number of benzene rings is 3. The Labute approximate surface area is 205 Å². The molecule has 0 aromatic heterocycles. The molecule has 1 aliphatic heterocycles. The second-order valence-electron chi connectivity index (χ2n) is 8.45. The first-order valence-electron chi connectivity index (χ1n) is 11.8. The van der Waals surface area contributed by atoms with Crippen molar-refractivity contribution in [2.45, 2.75) is 26.3 Å². The molecule has 35 heavy (non-hydrogen) atoms. The van der Waals surface area contributed by atoms with Gasteiger partial charge in [-0.3, -0.25) is 14.4 Å². The molecule has 0 unspecified atom stereocenters. The Balaban J connectivity index is 1.27. The van der Waals surface area contributed by atoms with Crippen LogP contribution in [-0.2, 0) is 27.3 Å². The summed E-state index contributed by atoms with van der Waals surface area (Å²) in [7, 11) is 0. The second kappa shape index (κ2) is 11.3. The predicted octanol–water partition coefficient (Wildman–Crippen LogP) is 3.94.